The van der Waals surface area contributed by atoms with Gasteiger partial charge in [-0.2, -0.15) is 0 Å². The van der Waals surface area contributed by atoms with E-state index in [4.69, 9.17) is 4.98 Å². The molecule has 2 N–H and O–H groups in total. The van der Waals surface area contributed by atoms with Gasteiger partial charge >= 0.3 is 11.8 Å². The van der Waals surface area contributed by atoms with Crippen LogP contribution in [0.5, 0.6) is 0 Å². The van der Waals surface area contributed by atoms with Crippen molar-refractivity contribution in [2.24, 2.45) is 17.8 Å². The van der Waals surface area contributed by atoms with Gasteiger partial charge in [0, 0.05) is 16.8 Å². The average Bonchev–Trinajstić information content (AvgIpc) is 2.94. The van der Waals surface area contributed by atoms with Gasteiger partial charge in [-0.3, -0.25) is 14.9 Å². The quantitative estimate of drug-likeness (QED) is 0.826. The fourth-order valence-corrected chi connectivity index (χ4v) is 6.31. The van der Waals surface area contributed by atoms with Crippen LogP contribution in [-0.4, -0.2) is 22.8 Å². The van der Waals surface area contributed by atoms with Crippen LogP contribution >= 0.6 is 11.3 Å². The summed E-state index contributed by atoms with van der Waals surface area (Å²) in [5.41, 5.74) is 1.38. The van der Waals surface area contributed by atoms with Gasteiger partial charge in [0.1, 0.15) is 0 Å². The third-order valence-corrected chi connectivity index (χ3v) is 6.69. The van der Waals surface area contributed by atoms with E-state index in [0.717, 1.165) is 23.4 Å². The second kappa shape index (κ2) is 5.83. The third-order valence-electron chi connectivity index (χ3n) is 5.93. The smallest absolute Gasteiger partial charge is 0.315 e. The number of nitrogens with zero attached hydrogens (tertiary/aromatic N) is 1. The van der Waals surface area contributed by atoms with Crippen LogP contribution in [-0.2, 0) is 15.0 Å². The molecule has 4 fully saturated rings. The van der Waals surface area contributed by atoms with Gasteiger partial charge in [-0.25, -0.2) is 4.98 Å². The van der Waals surface area contributed by atoms with E-state index in [-0.39, 0.29) is 11.5 Å². The van der Waals surface area contributed by atoms with Gasteiger partial charge in [-0.1, -0.05) is 0 Å². The first-order valence-corrected chi connectivity index (χ1v) is 9.89. The fourth-order valence-electron chi connectivity index (χ4n) is 5.48. The van der Waals surface area contributed by atoms with E-state index >= 15 is 0 Å². The molecule has 4 aliphatic carbocycles. The Hall–Kier alpha value is -1.43. The molecule has 24 heavy (non-hydrogen) atoms. The number of hydrogen-bond acceptors (Lipinski definition) is 4. The Bertz CT molecular complexity index is 632. The van der Waals surface area contributed by atoms with E-state index in [9.17, 15) is 9.59 Å². The molecule has 5 rings (SSSR count). The van der Waals surface area contributed by atoms with Gasteiger partial charge in [0.2, 0.25) is 0 Å². The van der Waals surface area contributed by atoms with Crippen LogP contribution in [0, 0.1) is 17.8 Å². The Morgan fingerprint density at radius 3 is 2.25 bits per heavy atom. The summed E-state index contributed by atoms with van der Waals surface area (Å²) in [6.45, 7) is 3.67. The van der Waals surface area contributed by atoms with Gasteiger partial charge in [0.25, 0.3) is 0 Å². The van der Waals surface area contributed by atoms with Gasteiger partial charge < -0.3 is 5.32 Å². The summed E-state index contributed by atoms with van der Waals surface area (Å²) in [6, 6.07) is -0.0536. The van der Waals surface area contributed by atoms with Crippen molar-refractivity contribution in [2.45, 2.75) is 63.8 Å². The predicted molar refractivity (Wildman–Crippen MR) is 93.9 cm³/mol. The summed E-state index contributed by atoms with van der Waals surface area (Å²) in [7, 11) is 0. The highest BCUT2D eigenvalue weighted by Gasteiger charge is 2.52. The minimum absolute atomic E-state index is 0.0536. The number of carbonyl (C=O) groups excluding carboxylic acids is 2. The lowest BCUT2D eigenvalue weighted by molar-refractivity contribution is -0.136. The van der Waals surface area contributed by atoms with E-state index in [0.29, 0.717) is 5.13 Å². The van der Waals surface area contributed by atoms with Gasteiger partial charge in [-0.05, 0) is 70.1 Å². The monoisotopic (exact) mass is 347 g/mol. The van der Waals surface area contributed by atoms with Crippen LogP contribution in [0.3, 0.4) is 0 Å². The van der Waals surface area contributed by atoms with E-state index in [1.54, 1.807) is 0 Å². The molecule has 6 heteroatoms. The Balaban J connectivity index is 1.47. The maximum atomic E-state index is 11.9. The molecule has 4 saturated carbocycles. The summed E-state index contributed by atoms with van der Waals surface area (Å²) in [5, 5.41) is 7.91. The molecule has 5 nitrogen and oxygen atoms in total. The highest BCUT2D eigenvalue weighted by atomic mass is 32.1. The van der Waals surface area contributed by atoms with Crippen LogP contribution in [0.15, 0.2) is 5.38 Å². The lowest BCUT2D eigenvalue weighted by atomic mass is 9.49. The number of nitrogens with one attached hydrogen (secondary N) is 2. The molecule has 1 aromatic heterocycles. The molecule has 4 aliphatic rings. The molecule has 2 amide bonds. The van der Waals surface area contributed by atoms with Gasteiger partial charge in [0.15, 0.2) is 5.13 Å². The SMILES string of the molecule is CC(C)NC(=O)C(=O)Nc1nc(C23CC4CC(CC(C4)C2)C3)cs1. The Kier molecular flexibility index (Phi) is 3.90. The van der Waals surface area contributed by atoms with Gasteiger partial charge in [0.05, 0.1) is 5.69 Å². The largest absolute Gasteiger partial charge is 0.346 e. The maximum Gasteiger partial charge on any atom is 0.315 e. The topological polar surface area (TPSA) is 71.1 Å². The number of rotatable bonds is 3. The van der Waals surface area contributed by atoms with E-state index in [2.05, 4.69) is 16.0 Å². The fraction of sp³-hybridized carbons (Fsp3) is 0.722. The van der Waals surface area contributed by atoms with Crippen LogP contribution < -0.4 is 10.6 Å². The molecule has 0 aromatic carbocycles. The molecule has 1 aromatic rings. The zero-order chi connectivity index (χ0) is 16.9. The van der Waals surface area contributed by atoms with E-state index < -0.39 is 11.8 Å². The third kappa shape index (κ3) is 2.85. The molecule has 0 unspecified atom stereocenters. The molecular weight excluding hydrogens is 322 g/mol. The van der Waals surface area contributed by atoms with Crippen molar-refractivity contribution < 1.29 is 9.59 Å². The lowest BCUT2D eigenvalue weighted by Gasteiger charge is -2.56. The molecular formula is C18H25N3O2S. The zero-order valence-electron chi connectivity index (χ0n) is 14.3. The highest BCUT2D eigenvalue weighted by molar-refractivity contribution is 7.14. The number of hydrogen-bond donors (Lipinski definition) is 2. The summed E-state index contributed by atoms with van der Waals surface area (Å²) in [4.78, 5) is 28.4. The standard InChI is InChI=1S/C18H25N3O2S/c1-10(2)19-15(22)16(23)21-17-20-14(9-24-17)18-6-11-3-12(7-18)5-13(4-11)8-18/h9-13H,3-8H2,1-2H3,(H,19,22)(H,20,21,23). The zero-order valence-corrected chi connectivity index (χ0v) is 15.1. The average molecular weight is 347 g/mol. The first-order valence-electron chi connectivity index (χ1n) is 9.01. The van der Waals surface area contributed by atoms with Crippen LogP contribution in [0.2, 0.25) is 0 Å². The van der Waals surface area contributed by atoms with Crippen LogP contribution in [0.1, 0.15) is 58.1 Å². The second-order valence-corrected chi connectivity index (χ2v) is 9.18. The highest BCUT2D eigenvalue weighted by Crippen LogP contribution is 2.60. The Morgan fingerprint density at radius 1 is 1.12 bits per heavy atom. The molecule has 0 spiro atoms. The lowest BCUT2D eigenvalue weighted by Crippen LogP contribution is -2.48. The first-order chi connectivity index (χ1) is 11.4. The Morgan fingerprint density at radius 2 is 1.71 bits per heavy atom. The first kappa shape index (κ1) is 16.1. The molecule has 1 heterocycles. The number of anilines is 1. The summed E-state index contributed by atoms with van der Waals surface area (Å²) >= 11 is 1.44. The van der Waals surface area contributed by atoms with Crippen molar-refractivity contribution in [3.8, 4) is 0 Å². The molecule has 0 saturated heterocycles. The normalized spacial score (nSPS) is 33.7. The summed E-state index contributed by atoms with van der Waals surface area (Å²) < 4.78 is 0. The number of thiazole rings is 1. The number of amides is 2. The Labute approximate surface area is 146 Å². The van der Waals surface area contributed by atoms with Crippen molar-refractivity contribution in [3.05, 3.63) is 11.1 Å². The molecule has 0 atom stereocenters. The van der Waals surface area contributed by atoms with E-state index in [1.807, 2.05) is 13.8 Å². The summed E-state index contributed by atoms with van der Waals surface area (Å²) in [5.74, 6) is 1.38. The van der Waals surface area contributed by atoms with Crippen molar-refractivity contribution in [2.75, 3.05) is 5.32 Å². The van der Waals surface area contributed by atoms with Crippen molar-refractivity contribution in [1.29, 1.82) is 0 Å². The van der Waals surface area contributed by atoms with Gasteiger partial charge in [-0.15, -0.1) is 11.3 Å². The van der Waals surface area contributed by atoms with Crippen molar-refractivity contribution >= 4 is 28.3 Å². The second-order valence-electron chi connectivity index (χ2n) is 8.32. The predicted octanol–water partition coefficient (Wildman–Crippen LogP) is 3.07. The van der Waals surface area contributed by atoms with Crippen LogP contribution in [0.25, 0.3) is 0 Å². The van der Waals surface area contributed by atoms with Crippen LogP contribution in [0.4, 0.5) is 5.13 Å². The van der Waals surface area contributed by atoms with Crippen molar-refractivity contribution in [3.63, 3.8) is 0 Å². The molecule has 0 radical (unpaired) electrons. The van der Waals surface area contributed by atoms with Crippen molar-refractivity contribution in [1.82, 2.24) is 10.3 Å². The molecule has 130 valence electrons. The molecule has 4 bridgehead atoms. The maximum absolute atomic E-state index is 11.9. The summed E-state index contributed by atoms with van der Waals surface area (Å²) in [6.07, 6.45) is 7.98. The number of carbonyl (C=O) groups is 2. The van der Waals surface area contributed by atoms with E-state index in [1.165, 1.54) is 49.9 Å². The molecule has 0 aliphatic heterocycles. The minimum atomic E-state index is -0.630. The minimum Gasteiger partial charge on any atom is -0.346 e. The number of aromatic nitrogens is 1.